The molecular weight excluding hydrogens is 424 g/mol. The fraction of sp³-hybridized carbons (Fsp3) is 0.333. The van der Waals surface area contributed by atoms with E-state index in [4.69, 9.17) is 0 Å². The predicted molar refractivity (Wildman–Crippen MR) is 146 cm³/mol. The zero-order valence-corrected chi connectivity index (χ0v) is 20.7. The molecular formula is C30H32S2. The van der Waals surface area contributed by atoms with Crippen molar-refractivity contribution in [2.45, 2.75) is 64.7 Å². The van der Waals surface area contributed by atoms with Gasteiger partial charge in [-0.25, -0.2) is 0 Å². The first kappa shape index (κ1) is 21.7. The van der Waals surface area contributed by atoms with Crippen LogP contribution in [0.3, 0.4) is 0 Å². The average molecular weight is 457 g/mol. The normalized spacial score (nSPS) is 11.8. The summed E-state index contributed by atoms with van der Waals surface area (Å²) >= 11 is 3.89. The zero-order valence-electron chi connectivity index (χ0n) is 19.0. The van der Waals surface area contributed by atoms with Crippen molar-refractivity contribution in [3.8, 4) is 10.4 Å². The highest BCUT2D eigenvalue weighted by atomic mass is 32.1. The van der Waals surface area contributed by atoms with E-state index in [0.717, 1.165) is 0 Å². The molecule has 0 spiro atoms. The van der Waals surface area contributed by atoms with Crippen LogP contribution in [-0.2, 0) is 6.42 Å². The van der Waals surface area contributed by atoms with Crippen LogP contribution in [0.15, 0.2) is 66.7 Å². The molecule has 0 amide bonds. The van der Waals surface area contributed by atoms with Gasteiger partial charge in [-0.05, 0) is 47.6 Å². The Morgan fingerprint density at radius 1 is 0.656 bits per heavy atom. The maximum atomic E-state index is 2.46. The molecule has 0 saturated heterocycles. The average Bonchev–Trinajstić information content (AvgIpc) is 3.42. The van der Waals surface area contributed by atoms with Crippen molar-refractivity contribution < 1.29 is 0 Å². The van der Waals surface area contributed by atoms with Crippen molar-refractivity contribution in [2.24, 2.45) is 0 Å². The maximum absolute atomic E-state index is 2.46. The molecule has 0 radical (unpaired) electrons. The van der Waals surface area contributed by atoms with Crippen LogP contribution in [-0.4, -0.2) is 0 Å². The molecule has 0 N–H and O–H groups in total. The third kappa shape index (κ3) is 4.63. The fourth-order valence-corrected chi connectivity index (χ4v) is 7.23. The molecule has 0 fully saturated rings. The summed E-state index contributed by atoms with van der Waals surface area (Å²) in [6, 6.07) is 25.0. The Labute approximate surface area is 199 Å². The smallest absolute Gasteiger partial charge is 0.0442 e. The highest BCUT2D eigenvalue weighted by Gasteiger charge is 2.13. The Bertz CT molecular complexity index is 1310. The monoisotopic (exact) mass is 456 g/mol. The van der Waals surface area contributed by atoms with Gasteiger partial charge in [0.05, 0.1) is 0 Å². The van der Waals surface area contributed by atoms with Gasteiger partial charge in [-0.15, -0.1) is 22.7 Å². The first-order chi connectivity index (χ1) is 15.8. The van der Waals surface area contributed by atoms with Gasteiger partial charge in [0, 0.05) is 29.7 Å². The van der Waals surface area contributed by atoms with Crippen molar-refractivity contribution in [3.63, 3.8) is 0 Å². The molecule has 0 saturated carbocycles. The van der Waals surface area contributed by atoms with E-state index in [2.05, 4.69) is 73.7 Å². The van der Waals surface area contributed by atoms with Gasteiger partial charge >= 0.3 is 0 Å². The lowest BCUT2D eigenvalue weighted by molar-refractivity contribution is 0.575. The SMILES string of the molecule is CCCCCCCCCCc1ccc2c(c1)sc1ccc3cc(-c4ccccc4)sc3c12. The van der Waals surface area contributed by atoms with Crippen molar-refractivity contribution in [1.82, 2.24) is 0 Å². The van der Waals surface area contributed by atoms with E-state index in [1.54, 1.807) is 0 Å². The van der Waals surface area contributed by atoms with Gasteiger partial charge in [-0.3, -0.25) is 0 Å². The number of hydrogen-bond acceptors (Lipinski definition) is 2. The molecule has 32 heavy (non-hydrogen) atoms. The van der Waals surface area contributed by atoms with E-state index in [1.807, 2.05) is 22.7 Å². The number of fused-ring (bicyclic) bond motifs is 5. The summed E-state index contributed by atoms with van der Waals surface area (Å²) in [5.74, 6) is 0. The van der Waals surface area contributed by atoms with E-state index in [0.29, 0.717) is 0 Å². The Balaban J connectivity index is 1.34. The molecule has 0 unspecified atom stereocenters. The molecule has 0 aliphatic heterocycles. The summed E-state index contributed by atoms with van der Waals surface area (Å²) in [7, 11) is 0. The molecule has 164 valence electrons. The number of thiophene rings is 2. The number of rotatable bonds is 10. The third-order valence-electron chi connectivity index (χ3n) is 6.56. The second-order valence-corrected chi connectivity index (χ2v) is 11.1. The van der Waals surface area contributed by atoms with Crippen LogP contribution in [0, 0.1) is 0 Å². The Hall–Kier alpha value is -2.16. The van der Waals surface area contributed by atoms with Crippen LogP contribution < -0.4 is 0 Å². The Morgan fingerprint density at radius 2 is 1.44 bits per heavy atom. The summed E-state index contributed by atoms with van der Waals surface area (Å²) in [6.45, 7) is 2.29. The van der Waals surface area contributed by atoms with Gasteiger partial charge in [0.15, 0.2) is 0 Å². The third-order valence-corrected chi connectivity index (χ3v) is 8.90. The van der Waals surface area contributed by atoms with Gasteiger partial charge in [-0.1, -0.05) is 100 Å². The minimum Gasteiger partial charge on any atom is -0.135 e. The molecule has 5 rings (SSSR count). The van der Waals surface area contributed by atoms with Crippen LogP contribution in [0.2, 0.25) is 0 Å². The molecule has 3 aromatic carbocycles. The lowest BCUT2D eigenvalue weighted by atomic mass is 10.0. The first-order valence-electron chi connectivity index (χ1n) is 12.3. The predicted octanol–water partition coefficient (Wildman–Crippen LogP) is 10.6. The maximum Gasteiger partial charge on any atom is 0.0442 e. The van der Waals surface area contributed by atoms with Gasteiger partial charge < -0.3 is 0 Å². The lowest BCUT2D eigenvalue weighted by Gasteiger charge is -2.03. The number of aryl methyl sites for hydroxylation is 1. The lowest BCUT2D eigenvalue weighted by Crippen LogP contribution is -1.86. The van der Waals surface area contributed by atoms with Crippen LogP contribution >= 0.6 is 22.7 Å². The molecule has 2 aromatic heterocycles. The second kappa shape index (κ2) is 10.2. The van der Waals surface area contributed by atoms with Crippen molar-refractivity contribution >= 4 is 52.9 Å². The molecule has 0 nitrogen and oxygen atoms in total. The van der Waals surface area contributed by atoms with Crippen LogP contribution in [0.1, 0.15) is 63.9 Å². The number of hydrogen-bond donors (Lipinski definition) is 0. The van der Waals surface area contributed by atoms with Gasteiger partial charge in [0.25, 0.3) is 0 Å². The number of unbranched alkanes of at least 4 members (excludes halogenated alkanes) is 7. The molecule has 0 aliphatic carbocycles. The molecule has 0 atom stereocenters. The van der Waals surface area contributed by atoms with Crippen LogP contribution in [0.25, 0.3) is 40.7 Å². The van der Waals surface area contributed by atoms with Gasteiger partial charge in [-0.2, -0.15) is 0 Å². The fourth-order valence-electron chi connectivity index (χ4n) is 4.76. The summed E-state index contributed by atoms with van der Waals surface area (Å²) in [4.78, 5) is 1.36. The standard InChI is InChI=1S/C30H32S2/c1-2-3-4-5-6-7-8-10-13-22-16-18-25-28(20-22)31-26-19-17-24-21-27(32-30(24)29(25)26)23-14-11-9-12-15-23/h9,11-12,14-21H,2-8,10,13H2,1H3. The van der Waals surface area contributed by atoms with E-state index in [-0.39, 0.29) is 0 Å². The number of benzene rings is 3. The summed E-state index contributed by atoms with van der Waals surface area (Å²) in [5.41, 5.74) is 2.82. The second-order valence-electron chi connectivity index (χ2n) is 8.99. The van der Waals surface area contributed by atoms with Crippen molar-refractivity contribution in [3.05, 3.63) is 72.3 Å². The molecule has 2 heteroatoms. The Kier molecular flexibility index (Phi) is 6.90. The quantitative estimate of drug-likeness (QED) is 0.183. The topological polar surface area (TPSA) is 0 Å². The highest BCUT2D eigenvalue weighted by Crippen LogP contribution is 2.43. The largest absolute Gasteiger partial charge is 0.135 e. The molecule has 2 heterocycles. The van der Waals surface area contributed by atoms with E-state index in [1.165, 1.54) is 104 Å². The molecule has 0 aliphatic rings. The first-order valence-corrected chi connectivity index (χ1v) is 13.9. The molecule has 0 bridgehead atoms. The minimum absolute atomic E-state index is 1.21. The summed E-state index contributed by atoms with van der Waals surface area (Å²) in [6.07, 6.45) is 12.3. The van der Waals surface area contributed by atoms with E-state index in [9.17, 15) is 0 Å². The minimum atomic E-state index is 1.21. The molecule has 5 aromatic rings. The van der Waals surface area contributed by atoms with E-state index >= 15 is 0 Å². The van der Waals surface area contributed by atoms with Crippen LogP contribution in [0.4, 0.5) is 0 Å². The van der Waals surface area contributed by atoms with Gasteiger partial charge in [0.1, 0.15) is 0 Å². The highest BCUT2D eigenvalue weighted by molar-refractivity contribution is 7.28. The summed E-state index contributed by atoms with van der Waals surface area (Å²) in [5, 5.41) is 4.24. The van der Waals surface area contributed by atoms with E-state index < -0.39 is 0 Å². The van der Waals surface area contributed by atoms with Crippen molar-refractivity contribution in [2.75, 3.05) is 0 Å². The zero-order chi connectivity index (χ0) is 21.8. The summed E-state index contributed by atoms with van der Waals surface area (Å²) < 4.78 is 4.29. The van der Waals surface area contributed by atoms with Crippen molar-refractivity contribution in [1.29, 1.82) is 0 Å². The van der Waals surface area contributed by atoms with Gasteiger partial charge in [0.2, 0.25) is 0 Å². The van der Waals surface area contributed by atoms with Crippen LogP contribution in [0.5, 0.6) is 0 Å². The Morgan fingerprint density at radius 3 is 2.25 bits per heavy atom.